The second-order valence-electron chi connectivity index (χ2n) is 6.20. The first-order valence-corrected chi connectivity index (χ1v) is 5.77. The highest BCUT2D eigenvalue weighted by molar-refractivity contribution is 5.93. The average molecular weight is 235 g/mol. The Balaban J connectivity index is 2.69. The molecule has 0 aliphatic rings. The van der Waals surface area contributed by atoms with Gasteiger partial charge in [-0.05, 0) is 25.7 Å². The van der Waals surface area contributed by atoms with Crippen molar-refractivity contribution in [2.45, 2.75) is 46.6 Å². The number of amides is 1. The van der Waals surface area contributed by atoms with Gasteiger partial charge >= 0.3 is 0 Å². The Hall–Kier alpha value is -1.45. The normalized spacial score (nSPS) is 12.3. The number of nitrogens with one attached hydrogen (secondary N) is 1. The zero-order valence-electron chi connectivity index (χ0n) is 11.2. The van der Waals surface area contributed by atoms with Crippen LogP contribution in [0.3, 0.4) is 0 Å². The molecule has 0 atom stereocenters. The zero-order chi connectivity index (χ0) is 13.1. The molecule has 0 unspecified atom stereocenters. The summed E-state index contributed by atoms with van der Waals surface area (Å²) in [5.74, 6) is -0.125. The molecule has 0 bridgehead atoms. The highest BCUT2D eigenvalue weighted by atomic mass is 16.1. The van der Waals surface area contributed by atoms with Crippen molar-refractivity contribution in [3.8, 4) is 0 Å². The van der Waals surface area contributed by atoms with Crippen molar-refractivity contribution in [1.29, 1.82) is 0 Å². The van der Waals surface area contributed by atoms with Crippen LogP contribution in [-0.4, -0.2) is 21.4 Å². The minimum absolute atomic E-state index is 0.125. The van der Waals surface area contributed by atoms with Gasteiger partial charge in [0.15, 0.2) is 0 Å². The van der Waals surface area contributed by atoms with Crippen LogP contribution in [0.5, 0.6) is 0 Å². The van der Waals surface area contributed by atoms with E-state index >= 15 is 0 Å². The quantitative estimate of drug-likeness (QED) is 0.875. The first-order chi connectivity index (χ1) is 7.70. The monoisotopic (exact) mass is 235 g/mol. The lowest BCUT2D eigenvalue weighted by Gasteiger charge is -2.33. The molecule has 1 aromatic heterocycles. The van der Waals surface area contributed by atoms with Crippen LogP contribution in [0.25, 0.3) is 0 Å². The maximum Gasteiger partial charge on any atom is 0.254 e. The second-order valence-corrected chi connectivity index (χ2v) is 6.20. The van der Waals surface area contributed by atoms with Gasteiger partial charge in [0.05, 0.1) is 5.56 Å². The molecule has 0 aliphatic heterocycles. The molecule has 0 aromatic carbocycles. The van der Waals surface area contributed by atoms with Gasteiger partial charge in [0.1, 0.15) is 6.33 Å². The SMILES string of the molecule is CC(C)(C)CC(C)(C)NC(=O)c1cncnc1. The molecule has 0 radical (unpaired) electrons. The Morgan fingerprint density at radius 1 is 1.18 bits per heavy atom. The number of hydrogen-bond acceptors (Lipinski definition) is 3. The zero-order valence-corrected chi connectivity index (χ0v) is 11.2. The standard InChI is InChI=1S/C13H21N3O/c1-12(2,3)8-13(4,5)16-11(17)10-6-14-9-15-7-10/h6-7,9H,8H2,1-5H3,(H,16,17). The summed E-state index contributed by atoms with van der Waals surface area (Å²) in [7, 11) is 0. The number of carbonyl (C=O) groups excluding carboxylic acids is 1. The summed E-state index contributed by atoms with van der Waals surface area (Å²) in [6, 6.07) is 0. The van der Waals surface area contributed by atoms with Gasteiger partial charge in [0.2, 0.25) is 0 Å². The molecule has 1 aromatic rings. The number of aromatic nitrogens is 2. The van der Waals surface area contributed by atoms with Gasteiger partial charge in [-0.3, -0.25) is 4.79 Å². The number of nitrogens with zero attached hydrogens (tertiary/aromatic N) is 2. The predicted octanol–water partition coefficient (Wildman–Crippen LogP) is 2.42. The fraction of sp³-hybridized carbons (Fsp3) is 0.615. The fourth-order valence-corrected chi connectivity index (χ4v) is 2.17. The Morgan fingerprint density at radius 2 is 1.71 bits per heavy atom. The van der Waals surface area contributed by atoms with Gasteiger partial charge in [0.25, 0.3) is 5.91 Å². The molecule has 1 amide bonds. The Kier molecular flexibility index (Phi) is 3.86. The molecule has 0 fully saturated rings. The van der Waals surface area contributed by atoms with E-state index in [4.69, 9.17) is 0 Å². The number of carbonyl (C=O) groups is 1. The molecule has 17 heavy (non-hydrogen) atoms. The van der Waals surface area contributed by atoms with Crippen LogP contribution in [0.1, 0.15) is 51.4 Å². The van der Waals surface area contributed by atoms with Crippen LogP contribution in [0, 0.1) is 5.41 Å². The van der Waals surface area contributed by atoms with E-state index in [0.717, 1.165) is 6.42 Å². The van der Waals surface area contributed by atoms with Crippen LogP contribution in [0.2, 0.25) is 0 Å². The lowest BCUT2D eigenvalue weighted by molar-refractivity contribution is 0.0890. The van der Waals surface area contributed by atoms with Gasteiger partial charge < -0.3 is 5.32 Å². The third-order valence-electron chi connectivity index (χ3n) is 2.25. The summed E-state index contributed by atoms with van der Waals surface area (Å²) in [5, 5.41) is 3.01. The van der Waals surface area contributed by atoms with Crippen LogP contribution in [-0.2, 0) is 0 Å². The minimum atomic E-state index is -0.245. The molecule has 1 N–H and O–H groups in total. The maximum absolute atomic E-state index is 12.0. The van der Waals surface area contributed by atoms with Gasteiger partial charge in [-0.1, -0.05) is 20.8 Å². The predicted molar refractivity (Wildman–Crippen MR) is 67.6 cm³/mol. The van der Waals surface area contributed by atoms with Gasteiger partial charge in [-0.25, -0.2) is 9.97 Å². The van der Waals surface area contributed by atoms with Crippen molar-refractivity contribution in [3.63, 3.8) is 0 Å². The molecule has 1 rings (SSSR count). The molecule has 94 valence electrons. The average Bonchev–Trinajstić information content (AvgIpc) is 2.14. The minimum Gasteiger partial charge on any atom is -0.347 e. The molecular weight excluding hydrogens is 214 g/mol. The Morgan fingerprint density at radius 3 is 2.18 bits per heavy atom. The topological polar surface area (TPSA) is 54.9 Å². The van der Waals surface area contributed by atoms with Crippen LogP contribution >= 0.6 is 0 Å². The first kappa shape index (κ1) is 13.6. The van der Waals surface area contributed by atoms with Crippen molar-refractivity contribution in [2.24, 2.45) is 5.41 Å². The van der Waals surface area contributed by atoms with Gasteiger partial charge in [0, 0.05) is 17.9 Å². The van der Waals surface area contributed by atoms with Crippen LogP contribution in [0.15, 0.2) is 18.7 Å². The second kappa shape index (κ2) is 4.82. The molecule has 0 saturated carbocycles. The fourth-order valence-electron chi connectivity index (χ4n) is 2.17. The molecule has 0 saturated heterocycles. The number of rotatable bonds is 3. The Labute approximate surface area is 103 Å². The van der Waals surface area contributed by atoms with Crippen molar-refractivity contribution in [2.75, 3.05) is 0 Å². The summed E-state index contributed by atoms with van der Waals surface area (Å²) < 4.78 is 0. The summed E-state index contributed by atoms with van der Waals surface area (Å²) >= 11 is 0. The first-order valence-electron chi connectivity index (χ1n) is 5.77. The Bertz CT molecular complexity index is 379. The van der Waals surface area contributed by atoms with E-state index in [-0.39, 0.29) is 16.9 Å². The molecular formula is C13H21N3O. The molecule has 1 heterocycles. The van der Waals surface area contributed by atoms with E-state index in [9.17, 15) is 4.79 Å². The van der Waals surface area contributed by atoms with Crippen LogP contribution < -0.4 is 5.32 Å². The third-order valence-corrected chi connectivity index (χ3v) is 2.25. The van der Waals surface area contributed by atoms with Crippen molar-refractivity contribution >= 4 is 5.91 Å². The van der Waals surface area contributed by atoms with E-state index in [2.05, 4.69) is 36.1 Å². The summed E-state index contributed by atoms with van der Waals surface area (Å²) in [6.07, 6.45) is 5.36. The largest absolute Gasteiger partial charge is 0.347 e. The highest BCUT2D eigenvalue weighted by Crippen LogP contribution is 2.26. The van der Waals surface area contributed by atoms with Crippen molar-refractivity contribution in [1.82, 2.24) is 15.3 Å². The van der Waals surface area contributed by atoms with Crippen molar-refractivity contribution in [3.05, 3.63) is 24.3 Å². The molecule has 0 spiro atoms. The smallest absolute Gasteiger partial charge is 0.254 e. The summed E-state index contributed by atoms with van der Waals surface area (Å²) in [5.41, 5.74) is 0.421. The highest BCUT2D eigenvalue weighted by Gasteiger charge is 2.27. The third kappa shape index (κ3) is 4.93. The molecule has 4 heteroatoms. The number of hydrogen-bond donors (Lipinski definition) is 1. The van der Waals surface area contributed by atoms with E-state index in [1.807, 2.05) is 13.8 Å². The van der Waals surface area contributed by atoms with E-state index in [1.165, 1.54) is 18.7 Å². The summed E-state index contributed by atoms with van der Waals surface area (Å²) in [6.45, 7) is 10.5. The van der Waals surface area contributed by atoms with E-state index in [0.29, 0.717) is 5.56 Å². The van der Waals surface area contributed by atoms with E-state index < -0.39 is 0 Å². The summed E-state index contributed by atoms with van der Waals surface area (Å²) in [4.78, 5) is 19.6. The van der Waals surface area contributed by atoms with Gasteiger partial charge in [-0.15, -0.1) is 0 Å². The van der Waals surface area contributed by atoms with Crippen molar-refractivity contribution < 1.29 is 4.79 Å². The van der Waals surface area contributed by atoms with E-state index in [1.54, 1.807) is 0 Å². The van der Waals surface area contributed by atoms with Gasteiger partial charge in [-0.2, -0.15) is 0 Å². The van der Waals surface area contributed by atoms with Crippen LogP contribution in [0.4, 0.5) is 0 Å². The lowest BCUT2D eigenvalue weighted by Crippen LogP contribution is -2.45. The molecule has 4 nitrogen and oxygen atoms in total. The maximum atomic E-state index is 12.0. The lowest BCUT2D eigenvalue weighted by atomic mass is 9.81. The molecule has 0 aliphatic carbocycles.